The normalized spacial score (nSPS) is 14.4. The van der Waals surface area contributed by atoms with Crippen molar-refractivity contribution >= 4 is 26.6 Å². The van der Waals surface area contributed by atoms with Gasteiger partial charge in [-0.05, 0) is 30.7 Å². The fourth-order valence-corrected chi connectivity index (χ4v) is 3.83. The van der Waals surface area contributed by atoms with Crippen molar-refractivity contribution in [3.63, 3.8) is 0 Å². The Morgan fingerprint density at radius 3 is 2.29 bits per heavy atom. The van der Waals surface area contributed by atoms with Crippen molar-refractivity contribution in [1.29, 1.82) is 0 Å². The third-order valence-electron chi connectivity index (χ3n) is 3.03. The van der Waals surface area contributed by atoms with Crippen LogP contribution < -0.4 is 0 Å². The van der Waals surface area contributed by atoms with Crippen molar-refractivity contribution in [3.8, 4) is 0 Å². The van der Waals surface area contributed by atoms with Crippen molar-refractivity contribution in [2.24, 2.45) is 0 Å². The zero-order chi connectivity index (χ0) is 16.0. The highest BCUT2D eigenvalue weighted by atomic mass is 32.2. The summed E-state index contributed by atoms with van der Waals surface area (Å²) in [6.45, 7) is 1.98. The predicted molar refractivity (Wildman–Crippen MR) is 81.3 cm³/mol. The summed E-state index contributed by atoms with van der Waals surface area (Å²) in [5.41, 5.74) is 0. The molecule has 0 aromatic heterocycles. The second-order valence-corrected chi connectivity index (χ2v) is 8.35. The van der Waals surface area contributed by atoms with Gasteiger partial charge in [0, 0.05) is 11.2 Å². The van der Waals surface area contributed by atoms with Crippen LogP contribution in [0.3, 0.4) is 0 Å². The Hall–Kier alpha value is -1.21. The van der Waals surface area contributed by atoms with Gasteiger partial charge in [0.15, 0.2) is 9.84 Å². The Balaban J connectivity index is 3.01. The number of carbonyl (C=O) groups is 1. The summed E-state index contributed by atoms with van der Waals surface area (Å²) in [5, 5.41) is -0.723. The van der Waals surface area contributed by atoms with E-state index < -0.39 is 31.9 Å². The van der Waals surface area contributed by atoms with E-state index in [4.69, 9.17) is 4.74 Å². The maximum absolute atomic E-state index is 12.5. The Bertz CT molecular complexity index is 605. The molecule has 2 atom stereocenters. The van der Waals surface area contributed by atoms with Crippen molar-refractivity contribution in [3.05, 3.63) is 24.3 Å². The van der Waals surface area contributed by atoms with E-state index in [2.05, 4.69) is 0 Å². The van der Waals surface area contributed by atoms with Crippen molar-refractivity contribution in [1.82, 2.24) is 0 Å². The minimum atomic E-state index is -3.29. The van der Waals surface area contributed by atoms with E-state index in [1.807, 2.05) is 6.92 Å². The van der Waals surface area contributed by atoms with Gasteiger partial charge in [-0.1, -0.05) is 19.8 Å². The summed E-state index contributed by atoms with van der Waals surface area (Å²) in [4.78, 5) is 12.3. The Labute approximate surface area is 128 Å². The van der Waals surface area contributed by atoms with E-state index in [0.29, 0.717) is 11.3 Å². The molecule has 21 heavy (non-hydrogen) atoms. The number of ether oxygens (including phenoxy) is 1. The van der Waals surface area contributed by atoms with Crippen LogP contribution in [0.5, 0.6) is 0 Å². The Morgan fingerprint density at radius 2 is 1.86 bits per heavy atom. The smallest absolute Gasteiger partial charge is 0.321 e. The maximum atomic E-state index is 12.5. The lowest BCUT2D eigenvalue weighted by Gasteiger charge is -2.14. The SMILES string of the molecule is CCCCC(C(=O)OC)S(=O)c1ccc(S(C)(=O)=O)cc1. The van der Waals surface area contributed by atoms with E-state index in [1.54, 1.807) is 0 Å². The number of hydrogen-bond acceptors (Lipinski definition) is 5. The zero-order valence-corrected chi connectivity index (χ0v) is 14.0. The molecule has 0 radical (unpaired) electrons. The highest BCUT2D eigenvalue weighted by molar-refractivity contribution is 7.90. The number of carbonyl (C=O) groups excluding carboxylic acids is 1. The summed E-state index contributed by atoms with van der Waals surface area (Å²) in [7, 11) is -3.58. The highest BCUT2D eigenvalue weighted by Crippen LogP contribution is 2.19. The maximum Gasteiger partial charge on any atom is 0.321 e. The molecule has 1 aromatic rings. The lowest BCUT2D eigenvalue weighted by Crippen LogP contribution is -2.27. The van der Waals surface area contributed by atoms with Crippen molar-refractivity contribution < 1.29 is 22.2 Å². The van der Waals surface area contributed by atoms with Gasteiger partial charge in [0.1, 0.15) is 5.25 Å². The first-order valence-electron chi connectivity index (χ1n) is 6.59. The summed E-state index contributed by atoms with van der Waals surface area (Å²) in [6, 6.07) is 5.76. The van der Waals surface area contributed by atoms with Crippen LogP contribution in [-0.2, 0) is 30.2 Å². The third kappa shape index (κ3) is 4.93. The Morgan fingerprint density at radius 1 is 1.29 bits per heavy atom. The Kier molecular flexibility index (Phi) is 6.54. The average molecular weight is 332 g/mol. The van der Waals surface area contributed by atoms with Gasteiger partial charge < -0.3 is 4.74 Å². The predicted octanol–water partition coefficient (Wildman–Crippen LogP) is 1.93. The number of sulfone groups is 1. The molecule has 0 bridgehead atoms. The molecule has 0 amide bonds. The lowest BCUT2D eigenvalue weighted by atomic mass is 10.2. The first kappa shape index (κ1) is 17.8. The van der Waals surface area contributed by atoms with Crippen LogP contribution in [0, 0.1) is 0 Å². The van der Waals surface area contributed by atoms with Gasteiger partial charge in [0.2, 0.25) is 0 Å². The molecule has 0 heterocycles. The van der Waals surface area contributed by atoms with Crippen LogP contribution in [0.25, 0.3) is 0 Å². The number of methoxy groups -OCH3 is 1. The molecule has 1 rings (SSSR count). The summed E-state index contributed by atoms with van der Waals surface area (Å²) in [5.74, 6) is -0.506. The van der Waals surface area contributed by atoms with E-state index >= 15 is 0 Å². The first-order valence-corrected chi connectivity index (χ1v) is 9.70. The van der Waals surface area contributed by atoms with Crippen LogP contribution in [-0.4, -0.2) is 37.2 Å². The number of rotatable bonds is 7. The molecule has 1 aromatic carbocycles. The topological polar surface area (TPSA) is 77.5 Å². The molecule has 7 heteroatoms. The summed E-state index contributed by atoms with van der Waals surface area (Å²) in [6.07, 6.45) is 3.24. The molecule has 118 valence electrons. The van der Waals surface area contributed by atoms with Gasteiger partial charge in [0.05, 0.1) is 22.8 Å². The van der Waals surface area contributed by atoms with Crippen molar-refractivity contribution in [2.45, 2.75) is 41.2 Å². The van der Waals surface area contributed by atoms with Crippen LogP contribution in [0.4, 0.5) is 0 Å². The van der Waals surface area contributed by atoms with Crippen LogP contribution in [0.15, 0.2) is 34.1 Å². The molecule has 0 spiro atoms. The van der Waals surface area contributed by atoms with Crippen LogP contribution in [0.1, 0.15) is 26.2 Å². The second-order valence-electron chi connectivity index (χ2n) is 4.70. The minimum Gasteiger partial charge on any atom is -0.468 e. The van der Waals surface area contributed by atoms with Crippen LogP contribution >= 0.6 is 0 Å². The van der Waals surface area contributed by atoms with Gasteiger partial charge in [-0.25, -0.2) is 8.42 Å². The van der Waals surface area contributed by atoms with E-state index in [1.165, 1.54) is 31.4 Å². The molecule has 2 unspecified atom stereocenters. The number of esters is 1. The van der Waals surface area contributed by atoms with E-state index in [-0.39, 0.29) is 4.90 Å². The van der Waals surface area contributed by atoms with Gasteiger partial charge in [0.25, 0.3) is 0 Å². The van der Waals surface area contributed by atoms with Gasteiger partial charge >= 0.3 is 5.97 Å². The largest absolute Gasteiger partial charge is 0.468 e. The van der Waals surface area contributed by atoms with Gasteiger partial charge in [-0.2, -0.15) is 0 Å². The molecular formula is C14H20O5S2. The highest BCUT2D eigenvalue weighted by Gasteiger charge is 2.26. The van der Waals surface area contributed by atoms with Gasteiger partial charge in [-0.3, -0.25) is 9.00 Å². The first-order chi connectivity index (χ1) is 9.81. The number of unbranched alkanes of at least 4 members (excludes halogenated alkanes) is 1. The number of benzene rings is 1. The number of hydrogen-bond donors (Lipinski definition) is 0. The van der Waals surface area contributed by atoms with Gasteiger partial charge in [-0.15, -0.1) is 0 Å². The minimum absolute atomic E-state index is 0.159. The van der Waals surface area contributed by atoms with E-state index in [0.717, 1.165) is 19.1 Å². The fraction of sp³-hybridized carbons (Fsp3) is 0.500. The average Bonchev–Trinajstić information content (AvgIpc) is 2.46. The van der Waals surface area contributed by atoms with E-state index in [9.17, 15) is 17.4 Å². The molecule has 0 aliphatic carbocycles. The molecule has 0 saturated heterocycles. The molecular weight excluding hydrogens is 312 g/mol. The molecule has 0 saturated carbocycles. The molecule has 0 aliphatic rings. The third-order valence-corrected chi connectivity index (χ3v) is 5.84. The zero-order valence-electron chi connectivity index (χ0n) is 12.4. The standard InChI is InChI=1S/C14H20O5S2/c1-4-5-6-13(14(15)19-2)20(16)11-7-9-12(10-8-11)21(3,17)18/h7-10,13H,4-6H2,1-3H3. The van der Waals surface area contributed by atoms with Crippen molar-refractivity contribution in [2.75, 3.05) is 13.4 Å². The monoisotopic (exact) mass is 332 g/mol. The summed E-state index contributed by atoms with van der Waals surface area (Å²) >= 11 is 0. The fourth-order valence-electron chi connectivity index (χ4n) is 1.82. The summed E-state index contributed by atoms with van der Waals surface area (Å²) < 4.78 is 40.0. The quantitative estimate of drug-likeness (QED) is 0.713. The second kappa shape index (κ2) is 7.70. The molecule has 0 fully saturated rings. The molecule has 5 nitrogen and oxygen atoms in total. The van der Waals surface area contributed by atoms with Crippen LogP contribution in [0.2, 0.25) is 0 Å². The molecule has 0 aliphatic heterocycles. The molecule has 0 N–H and O–H groups in total. The lowest BCUT2D eigenvalue weighted by molar-refractivity contribution is -0.140.